The number of anilines is 1. The number of fused-ring (bicyclic) bond motifs is 3. The minimum absolute atomic E-state index is 0.0157. The molecule has 212 valence electrons. The highest BCUT2D eigenvalue weighted by molar-refractivity contribution is 7.48. The van der Waals surface area contributed by atoms with Gasteiger partial charge in [0.25, 0.3) is 5.82 Å². The van der Waals surface area contributed by atoms with Crippen molar-refractivity contribution in [2.75, 3.05) is 18.1 Å². The van der Waals surface area contributed by atoms with E-state index in [9.17, 15) is 9.36 Å². The zero-order valence-corrected chi connectivity index (χ0v) is 23.3. The molecular formula is C31H26N3O7P. The van der Waals surface area contributed by atoms with E-state index >= 15 is 0 Å². The maximum Gasteiger partial charge on any atom is 0.475 e. The van der Waals surface area contributed by atoms with Crippen molar-refractivity contribution in [2.24, 2.45) is 0 Å². The summed E-state index contributed by atoms with van der Waals surface area (Å²) < 4.78 is 42.5. The number of nitrogens with zero attached hydrogens (tertiary/aromatic N) is 3. The van der Waals surface area contributed by atoms with E-state index in [-0.39, 0.29) is 26.4 Å². The highest BCUT2D eigenvalue weighted by atomic mass is 31.2. The molecule has 0 spiro atoms. The molecule has 0 saturated carbocycles. The molecule has 11 heteroatoms. The third-order valence-electron chi connectivity index (χ3n) is 6.90. The number of pyridine rings is 1. The fourth-order valence-corrected chi connectivity index (χ4v) is 5.88. The molecular weight excluding hydrogens is 557 g/mol. The molecule has 0 N–H and O–H groups in total. The van der Waals surface area contributed by atoms with E-state index in [2.05, 4.69) is 9.83 Å². The number of phosphoric acid groups is 1. The van der Waals surface area contributed by atoms with E-state index in [1.54, 1.807) is 18.3 Å². The zero-order chi connectivity index (χ0) is 28.9. The molecule has 3 heterocycles. The van der Waals surface area contributed by atoms with Gasteiger partial charge in [0, 0.05) is 5.56 Å². The number of aromatic nitrogens is 1. The fourth-order valence-electron chi connectivity index (χ4n) is 4.71. The predicted octanol–water partition coefficient (Wildman–Crippen LogP) is 6.94. The van der Waals surface area contributed by atoms with Crippen molar-refractivity contribution in [2.45, 2.75) is 25.4 Å². The summed E-state index contributed by atoms with van der Waals surface area (Å²) in [5.74, 6) is 0.823. The van der Waals surface area contributed by atoms with Crippen molar-refractivity contribution in [3.63, 3.8) is 0 Å². The Morgan fingerprint density at radius 2 is 1.57 bits per heavy atom. The second kappa shape index (κ2) is 12.1. The van der Waals surface area contributed by atoms with Crippen LogP contribution >= 0.6 is 7.82 Å². The van der Waals surface area contributed by atoms with Gasteiger partial charge < -0.3 is 14.3 Å². The minimum atomic E-state index is -4.06. The van der Waals surface area contributed by atoms with Crippen LogP contribution in [-0.4, -0.2) is 36.4 Å². The van der Waals surface area contributed by atoms with Crippen LogP contribution in [0.15, 0.2) is 97.2 Å². The van der Waals surface area contributed by atoms with Crippen LogP contribution in [0.3, 0.4) is 0 Å². The molecule has 3 aromatic carbocycles. The number of hydrogen-bond donors (Lipinski definition) is 0. The van der Waals surface area contributed by atoms with Crippen molar-refractivity contribution in [3.05, 3.63) is 120 Å². The van der Waals surface area contributed by atoms with Gasteiger partial charge in [-0.1, -0.05) is 79.4 Å². The lowest BCUT2D eigenvalue weighted by Gasteiger charge is -2.31. The van der Waals surface area contributed by atoms with Crippen molar-refractivity contribution >= 4 is 25.4 Å². The standard InChI is InChI=1S/C31H26N3O7P/c1-32-30-15-13-25(17-33-30)24-12-14-26-28(16-24)37-20-27-29(41-31(35)34(26)27)21-40-42(36,38-18-22-8-4-2-5-9-22)39-19-23-10-6-3-7-11-23/h2-17,27,29H,18-21H2/t27-,29-/m0/s1. The van der Waals surface area contributed by atoms with Gasteiger partial charge in [0.05, 0.1) is 25.5 Å². The van der Waals surface area contributed by atoms with E-state index in [0.717, 1.165) is 22.3 Å². The first-order valence-electron chi connectivity index (χ1n) is 13.2. The van der Waals surface area contributed by atoms with Gasteiger partial charge in [0.15, 0.2) is 6.10 Å². The van der Waals surface area contributed by atoms with E-state index in [4.69, 9.17) is 29.6 Å². The number of cyclic esters (lactones) is 1. The van der Waals surface area contributed by atoms with Crippen LogP contribution in [0.4, 0.5) is 16.3 Å². The highest BCUT2D eigenvalue weighted by Gasteiger charge is 2.47. The smallest absolute Gasteiger partial charge is 0.475 e. The maximum absolute atomic E-state index is 13.7. The number of carbonyl (C=O) groups excluding carboxylic acids is 1. The summed E-state index contributed by atoms with van der Waals surface area (Å²) in [7, 11) is -4.06. The van der Waals surface area contributed by atoms with E-state index < -0.39 is 26.1 Å². The largest absolute Gasteiger partial charge is 0.489 e. The zero-order valence-electron chi connectivity index (χ0n) is 22.4. The van der Waals surface area contributed by atoms with Gasteiger partial charge in [0.2, 0.25) is 0 Å². The molecule has 1 aromatic heterocycles. The molecule has 0 aliphatic carbocycles. The first-order valence-corrected chi connectivity index (χ1v) is 14.7. The molecule has 1 saturated heterocycles. The SMILES string of the molecule is [C-]#[N+]c1ccc(-c2ccc3c(c2)OC[C@H]2[C@H](COP(=O)(OCc4ccccc4)OCc4ccccc4)OC(=O)N32)cn1. The van der Waals surface area contributed by atoms with Crippen LogP contribution in [0.2, 0.25) is 0 Å². The lowest BCUT2D eigenvalue weighted by molar-refractivity contribution is 0.0460. The Kier molecular flexibility index (Phi) is 8.00. The number of rotatable bonds is 10. The molecule has 0 radical (unpaired) electrons. The lowest BCUT2D eigenvalue weighted by Crippen LogP contribution is -2.45. The van der Waals surface area contributed by atoms with E-state index in [1.807, 2.05) is 78.9 Å². The first-order chi connectivity index (χ1) is 20.5. The van der Waals surface area contributed by atoms with Gasteiger partial charge in [-0.15, -0.1) is 4.98 Å². The predicted molar refractivity (Wildman–Crippen MR) is 154 cm³/mol. The molecule has 2 aliphatic heterocycles. The molecule has 2 atom stereocenters. The Labute approximate surface area is 242 Å². The summed E-state index contributed by atoms with van der Waals surface area (Å²) in [6.07, 6.45) is 0.292. The summed E-state index contributed by atoms with van der Waals surface area (Å²) in [4.78, 5) is 21.9. The number of carbonyl (C=O) groups is 1. The maximum atomic E-state index is 13.7. The Morgan fingerprint density at radius 1 is 0.905 bits per heavy atom. The Hall–Kier alpha value is -4.52. The summed E-state index contributed by atoms with van der Waals surface area (Å²) in [6.45, 7) is 7.04. The Balaban J connectivity index is 1.15. The molecule has 42 heavy (non-hydrogen) atoms. The van der Waals surface area contributed by atoms with Crippen LogP contribution in [0, 0.1) is 6.57 Å². The van der Waals surface area contributed by atoms with E-state index in [1.165, 1.54) is 4.90 Å². The van der Waals surface area contributed by atoms with Gasteiger partial charge >= 0.3 is 13.9 Å². The summed E-state index contributed by atoms with van der Waals surface area (Å²) in [5.41, 5.74) is 3.80. The molecule has 4 aromatic rings. The van der Waals surface area contributed by atoms with Crippen molar-refractivity contribution in [1.82, 2.24) is 4.98 Å². The summed E-state index contributed by atoms with van der Waals surface area (Å²) >= 11 is 0. The topological polar surface area (TPSA) is 101 Å². The number of benzene rings is 3. The summed E-state index contributed by atoms with van der Waals surface area (Å²) in [5, 5.41) is 0. The molecule has 2 aliphatic rings. The number of amides is 1. The average Bonchev–Trinajstić information content (AvgIpc) is 3.38. The molecule has 0 unspecified atom stereocenters. The van der Waals surface area contributed by atoms with Gasteiger partial charge in [-0.05, 0) is 34.9 Å². The monoisotopic (exact) mass is 583 g/mol. The van der Waals surface area contributed by atoms with Crippen LogP contribution in [0.1, 0.15) is 11.1 Å². The third-order valence-corrected chi connectivity index (χ3v) is 8.25. The molecule has 10 nitrogen and oxygen atoms in total. The van der Waals surface area contributed by atoms with Gasteiger partial charge in [0.1, 0.15) is 24.6 Å². The molecule has 1 amide bonds. The van der Waals surface area contributed by atoms with Crippen LogP contribution in [0.5, 0.6) is 5.75 Å². The number of ether oxygens (including phenoxy) is 2. The van der Waals surface area contributed by atoms with Crippen LogP contribution < -0.4 is 9.64 Å². The van der Waals surface area contributed by atoms with Crippen LogP contribution in [-0.2, 0) is 36.1 Å². The van der Waals surface area contributed by atoms with Gasteiger partial charge in [-0.3, -0.25) is 18.5 Å². The molecule has 0 bridgehead atoms. The second-order valence-electron chi connectivity index (χ2n) is 9.63. The van der Waals surface area contributed by atoms with Crippen LogP contribution in [0.25, 0.3) is 16.0 Å². The van der Waals surface area contributed by atoms with Gasteiger partial charge in [-0.25, -0.2) is 9.36 Å². The van der Waals surface area contributed by atoms with Crippen molar-refractivity contribution < 1.29 is 32.4 Å². The summed E-state index contributed by atoms with van der Waals surface area (Å²) in [6, 6.07) is 27.0. The molecule has 6 rings (SSSR count). The normalized spacial score (nSPS) is 17.5. The minimum Gasteiger partial charge on any atom is -0.489 e. The highest BCUT2D eigenvalue weighted by Crippen LogP contribution is 2.52. The number of phosphoric ester groups is 1. The second-order valence-corrected chi connectivity index (χ2v) is 11.3. The Morgan fingerprint density at radius 3 is 2.19 bits per heavy atom. The Bertz CT molecular complexity index is 1600. The van der Waals surface area contributed by atoms with Gasteiger partial charge in [-0.2, -0.15) is 0 Å². The quantitative estimate of drug-likeness (QED) is 0.146. The van der Waals surface area contributed by atoms with Crippen molar-refractivity contribution in [1.29, 1.82) is 0 Å². The lowest BCUT2D eigenvalue weighted by atomic mass is 10.0. The first kappa shape index (κ1) is 27.6. The van der Waals surface area contributed by atoms with E-state index in [0.29, 0.717) is 17.3 Å². The number of hydrogen-bond acceptors (Lipinski definition) is 8. The van der Waals surface area contributed by atoms with Crippen molar-refractivity contribution in [3.8, 4) is 16.9 Å². The third kappa shape index (κ3) is 6.05. The molecule has 1 fully saturated rings. The average molecular weight is 584 g/mol. The fraction of sp³-hybridized carbons (Fsp3) is 0.194.